The van der Waals surface area contributed by atoms with Gasteiger partial charge in [0.25, 0.3) is 5.91 Å². The molecule has 0 bridgehead atoms. The maximum Gasteiger partial charge on any atom is 0.328 e. The molecule has 2 N–H and O–H groups in total. The summed E-state index contributed by atoms with van der Waals surface area (Å²) in [6.07, 6.45) is 2.95. The van der Waals surface area contributed by atoms with Crippen LogP contribution in [0.15, 0.2) is 24.3 Å². The number of aromatic nitrogens is 1. The SMILES string of the molecule is CCCCNC(=O)[C@H](CC(C)C)N1C(=O)N2CCc3c([nH]c4ccccc34)[C@@]2(C)C1=O. The number of hydrogen-bond acceptors (Lipinski definition) is 3. The number of carbonyl (C=O) groups excluding carboxylic acids is 3. The van der Waals surface area contributed by atoms with Crippen LogP contribution in [0.25, 0.3) is 10.9 Å². The summed E-state index contributed by atoms with van der Waals surface area (Å²) in [5, 5.41) is 4.02. The Morgan fingerprint density at radius 3 is 2.71 bits per heavy atom. The van der Waals surface area contributed by atoms with Crippen molar-refractivity contribution in [3.8, 4) is 0 Å². The molecule has 0 saturated carbocycles. The second-order valence-corrected chi connectivity index (χ2v) is 9.25. The Balaban J connectivity index is 1.73. The Bertz CT molecular complexity index is 1030. The van der Waals surface area contributed by atoms with E-state index in [1.54, 1.807) is 4.90 Å². The number of aromatic amines is 1. The normalized spacial score (nSPS) is 21.6. The summed E-state index contributed by atoms with van der Waals surface area (Å²) in [7, 11) is 0. The first-order valence-corrected chi connectivity index (χ1v) is 11.3. The highest BCUT2D eigenvalue weighted by atomic mass is 16.2. The van der Waals surface area contributed by atoms with E-state index in [9.17, 15) is 14.4 Å². The van der Waals surface area contributed by atoms with Gasteiger partial charge in [-0.15, -0.1) is 0 Å². The van der Waals surface area contributed by atoms with Crippen LogP contribution in [0.3, 0.4) is 0 Å². The summed E-state index contributed by atoms with van der Waals surface area (Å²) in [5.74, 6) is -0.401. The van der Waals surface area contributed by atoms with Gasteiger partial charge in [0.2, 0.25) is 5.91 Å². The van der Waals surface area contributed by atoms with Crippen LogP contribution in [0.2, 0.25) is 0 Å². The molecule has 7 heteroatoms. The fraction of sp³-hybridized carbons (Fsp3) is 0.542. The fourth-order valence-corrected chi connectivity index (χ4v) is 4.98. The smallest absolute Gasteiger partial charge is 0.328 e. The van der Waals surface area contributed by atoms with E-state index in [0.717, 1.165) is 35.0 Å². The number of rotatable bonds is 7. The first-order chi connectivity index (χ1) is 14.8. The van der Waals surface area contributed by atoms with Crippen molar-refractivity contribution in [3.63, 3.8) is 0 Å². The van der Waals surface area contributed by atoms with Crippen molar-refractivity contribution in [1.82, 2.24) is 20.1 Å². The zero-order valence-electron chi connectivity index (χ0n) is 18.8. The Labute approximate surface area is 183 Å². The maximum absolute atomic E-state index is 13.8. The third-order valence-electron chi connectivity index (χ3n) is 6.64. The molecule has 2 aliphatic heterocycles. The summed E-state index contributed by atoms with van der Waals surface area (Å²) in [4.78, 5) is 46.6. The van der Waals surface area contributed by atoms with Crippen LogP contribution >= 0.6 is 0 Å². The molecule has 3 heterocycles. The molecule has 0 radical (unpaired) electrons. The lowest BCUT2D eigenvalue weighted by atomic mass is 9.87. The minimum atomic E-state index is -1.12. The number of fused-ring (bicyclic) bond motifs is 5. The lowest BCUT2D eigenvalue weighted by Crippen LogP contribution is -2.51. The zero-order valence-corrected chi connectivity index (χ0v) is 18.8. The predicted octanol–water partition coefficient (Wildman–Crippen LogP) is 3.53. The van der Waals surface area contributed by atoms with E-state index >= 15 is 0 Å². The zero-order chi connectivity index (χ0) is 22.3. The van der Waals surface area contributed by atoms with Gasteiger partial charge in [-0.2, -0.15) is 0 Å². The number of benzene rings is 1. The van der Waals surface area contributed by atoms with Gasteiger partial charge >= 0.3 is 6.03 Å². The highest BCUT2D eigenvalue weighted by Crippen LogP contribution is 2.44. The van der Waals surface area contributed by atoms with Gasteiger partial charge in [-0.25, -0.2) is 9.69 Å². The highest BCUT2D eigenvalue weighted by Gasteiger charge is 2.60. The van der Waals surface area contributed by atoms with Crippen LogP contribution in [-0.2, 0) is 21.5 Å². The third kappa shape index (κ3) is 3.30. The molecule has 2 atom stereocenters. The topological polar surface area (TPSA) is 85.5 Å². The molecule has 2 aliphatic rings. The Hall–Kier alpha value is -2.83. The molecule has 0 spiro atoms. The van der Waals surface area contributed by atoms with Gasteiger partial charge < -0.3 is 15.2 Å². The molecule has 2 aromatic rings. The van der Waals surface area contributed by atoms with Crippen molar-refractivity contribution in [3.05, 3.63) is 35.5 Å². The number of hydrogen-bond donors (Lipinski definition) is 2. The van der Waals surface area contributed by atoms with E-state index in [4.69, 9.17) is 0 Å². The van der Waals surface area contributed by atoms with E-state index in [0.29, 0.717) is 25.9 Å². The van der Waals surface area contributed by atoms with E-state index in [1.165, 1.54) is 4.90 Å². The van der Waals surface area contributed by atoms with E-state index in [1.807, 2.05) is 45.0 Å². The van der Waals surface area contributed by atoms with Crippen molar-refractivity contribution in [2.45, 2.75) is 65.0 Å². The van der Waals surface area contributed by atoms with Crippen LogP contribution < -0.4 is 5.32 Å². The van der Waals surface area contributed by atoms with Gasteiger partial charge in [0.15, 0.2) is 5.54 Å². The average Bonchev–Trinajstić information content (AvgIpc) is 3.21. The predicted molar refractivity (Wildman–Crippen MR) is 119 cm³/mol. The van der Waals surface area contributed by atoms with E-state index in [2.05, 4.69) is 17.2 Å². The number of unbranched alkanes of at least 4 members (excludes halogenated alkanes) is 1. The largest absolute Gasteiger partial charge is 0.356 e. The van der Waals surface area contributed by atoms with Crippen molar-refractivity contribution in [1.29, 1.82) is 0 Å². The van der Waals surface area contributed by atoms with Gasteiger partial charge in [-0.05, 0) is 43.7 Å². The van der Waals surface area contributed by atoms with Gasteiger partial charge in [0, 0.05) is 24.0 Å². The number of carbonyl (C=O) groups is 3. The number of nitrogens with one attached hydrogen (secondary N) is 2. The number of imide groups is 1. The Kier molecular flexibility index (Phi) is 5.54. The standard InChI is InChI=1S/C24H32N4O3/c1-5-6-12-25-21(29)19(14-15(2)3)28-22(30)24(4)20-17(11-13-27(24)23(28)31)16-9-7-8-10-18(16)26-20/h7-10,15,19,26H,5-6,11-14H2,1-4H3,(H,25,29)/t19-,24-/m0/s1. The van der Waals surface area contributed by atoms with Gasteiger partial charge in [0.1, 0.15) is 6.04 Å². The molecule has 31 heavy (non-hydrogen) atoms. The summed E-state index contributed by atoms with van der Waals surface area (Å²) in [6, 6.07) is 6.81. The summed E-state index contributed by atoms with van der Waals surface area (Å²) < 4.78 is 0. The summed E-state index contributed by atoms with van der Waals surface area (Å²) in [5.41, 5.74) is 1.70. The molecule has 1 fully saturated rings. The summed E-state index contributed by atoms with van der Waals surface area (Å²) >= 11 is 0. The second kappa shape index (κ2) is 8.02. The van der Waals surface area contributed by atoms with E-state index < -0.39 is 11.6 Å². The monoisotopic (exact) mass is 424 g/mol. The van der Waals surface area contributed by atoms with E-state index in [-0.39, 0.29) is 23.8 Å². The molecular weight excluding hydrogens is 392 g/mol. The minimum absolute atomic E-state index is 0.164. The van der Waals surface area contributed by atoms with Gasteiger partial charge in [-0.3, -0.25) is 9.59 Å². The minimum Gasteiger partial charge on any atom is -0.356 e. The molecule has 0 aliphatic carbocycles. The molecule has 166 valence electrons. The first kappa shape index (κ1) is 21.4. The molecular formula is C24H32N4O3. The van der Waals surface area contributed by atoms with Crippen LogP contribution in [-0.4, -0.2) is 51.8 Å². The van der Waals surface area contributed by atoms with Crippen LogP contribution in [0.4, 0.5) is 4.79 Å². The molecule has 4 amide bonds. The molecule has 7 nitrogen and oxygen atoms in total. The van der Waals surface area contributed by atoms with Gasteiger partial charge in [0.05, 0.1) is 5.69 Å². The van der Waals surface area contributed by atoms with Crippen LogP contribution in [0, 0.1) is 5.92 Å². The lowest BCUT2D eigenvalue weighted by Gasteiger charge is -2.36. The Morgan fingerprint density at radius 1 is 1.26 bits per heavy atom. The van der Waals surface area contributed by atoms with Crippen molar-refractivity contribution >= 4 is 28.7 Å². The lowest BCUT2D eigenvalue weighted by molar-refractivity contribution is -0.140. The number of para-hydroxylation sites is 1. The molecule has 1 saturated heterocycles. The summed E-state index contributed by atoms with van der Waals surface area (Å²) in [6.45, 7) is 8.88. The number of amides is 4. The number of H-pyrrole nitrogens is 1. The molecule has 0 unspecified atom stereocenters. The van der Waals surface area contributed by atoms with Crippen molar-refractivity contribution in [2.24, 2.45) is 5.92 Å². The number of nitrogens with zero attached hydrogens (tertiary/aromatic N) is 2. The molecule has 1 aromatic heterocycles. The van der Waals surface area contributed by atoms with Crippen LogP contribution in [0.5, 0.6) is 0 Å². The second-order valence-electron chi connectivity index (χ2n) is 9.25. The Morgan fingerprint density at radius 2 is 2.00 bits per heavy atom. The maximum atomic E-state index is 13.8. The third-order valence-corrected chi connectivity index (χ3v) is 6.64. The molecule has 4 rings (SSSR count). The van der Waals surface area contributed by atoms with Crippen LogP contribution in [0.1, 0.15) is 58.2 Å². The van der Waals surface area contributed by atoms with Crippen molar-refractivity contribution in [2.75, 3.05) is 13.1 Å². The average molecular weight is 425 g/mol. The highest BCUT2D eigenvalue weighted by molar-refractivity contribution is 6.11. The molecule has 1 aromatic carbocycles. The fourth-order valence-electron chi connectivity index (χ4n) is 4.98. The first-order valence-electron chi connectivity index (χ1n) is 11.3. The van der Waals surface area contributed by atoms with Gasteiger partial charge in [-0.1, -0.05) is 45.4 Å². The quantitative estimate of drug-likeness (QED) is 0.527. The van der Waals surface area contributed by atoms with Crippen molar-refractivity contribution < 1.29 is 14.4 Å². The number of urea groups is 1.